The number of ketones is 1. The Hall–Kier alpha value is -2.69. The predicted molar refractivity (Wildman–Crippen MR) is 80.2 cm³/mol. The summed E-state index contributed by atoms with van der Waals surface area (Å²) in [6, 6.07) is 10.3. The van der Waals surface area contributed by atoms with Crippen molar-refractivity contribution in [3.8, 4) is 23.0 Å². The van der Waals surface area contributed by atoms with Crippen LogP contribution in [-0.2, 0) is 0 Å². The third-order valence-corrected chi connectivity index (χ3v) is 3.79. The monoisotopic (exact) mass is 300 g/mol. The van der Waals surface area contributed by atoms with Gasteiger partial charge in [0.2, 0.25) is 0 Å². The van der Waals surface area contributed by atoms with Crippen LogP contribution in [0.3, 0.4) is 0 Å². The van der Waals surface area contributed by atoms with E-state index in [0.29, 0.717) is 11.3 Å². The molecule has 0 aromatic heterocycles. The molecule has 1 unspecified atom stereocenters. The molecule has 114 valence electrons. The van der Waals surface area contributed by atoms with Crippen LogP contribution < -0.4 is 14.2 Å². The molecule has 0 spiro atoms. The van der Waals surface area contributed by atoms with Gasteiger partial charge in [0, 0.05) is 6.07 Å². The molecule has 0 amide bonds. The maximum absolute atomic E-state index is 12.7. The quantitative estimate of drug-likeness (QED) is 0.944. The smallest absolute Gasteiger partial charge is 0.177 e. The van der Waals surface area contributed by atoms with Gasteiger partial charge in [-0.05, 0) is 23.8 Å². The van der Waals surface area contributed by atoms with Gasteiger partial charge in [-0.25, -0.2) is 0 Å². The summed E-state index contributed by atoms with van der Waals surface area (Å²) in [5.74, 6) is 0.897. The Balaban J connectivity index is 1.96. The molecule has 1 heterocycles. The summed E-state index contributed by atoms with van der Waals surface area (Å²) in [5, 5.41) is 9.76. The molecule has 2 aromatic carbocycles. The number of ether oxygens (including phenoxy) is 3. The molecule has 0 aliphatic carbocycles. The van der Waals surface area contributed by atoms with E-state index >= 15 is 0 Å². The summed E-state index contributed by atoms with van der Waals surface area (Å²) in [5.41, 5.74) is 1.28. The summed E-state index contributed by atoms with van der Waals surface area (Å²) in [6.07, 6.45) is 0. The Morgan fingerprint density at radius 1 is 1.14 bits per heavy atom. The van der Waals surface area contributed by atoms with Crippen molar-refractivity contribution in [2.75, 3.05) is 20.8 Å². The van der Waals surface area contributed by atoms with E-state index in [0.717, 1.165) is 11.3 Å². The van der Waals surface area contributed by atoms with Gasteiger partial charge in [-0.15, -0.1) is 0 Å². The minimum atomic E-state index is -0.382. The number of aromatic hydroxyl groups is 1. The molecular weight excluding hydrogens is 284 g/mol. The fourth-order valence-corrected chi connectivity index (χ4v) is 2.55. The molecule has 1 atom stereocenters. The highest BCUT2D eigenvalue weighted by atomic mass is 16.5. The molecule has 0 fully saturated rings. The zero-order valence-corrected chi connectivity index (χ0v) is 12.3. The Morgan fingerprint density at radius 2 is 1.86 bits per heavy atom. The van der Waals surface area contributed by atoms with Crippen LogP contribution in [0.15, 0.2) is 36.4 Å². The largest absolute Gasteiger partial charge is 0.504 e. The third kappa shape index (κ3) is 2.35. The van der Waals surface area contributed by atoms with E-state index < -0.39 is 0 Å². The molecule has 0 bridgehead atoms. The van der Waals surface area contributed by atoms with E-state index in [1.165, 1.54) is 19.2 Å². The minimum Gasteiger partial charge on any atom is -0.504 e. The average molecular weight is 300 g/mol. The maximum atomic E-state index is 12.7. The number of phenols is 1. The highest BCUT2D eigenvalue weighted by Gasteiger charge is 2.31. The molecule has 1 aliphatic rings. The summed E-state index contributed by atoms with van der Waals surface area (Å²) in [4.78, 5) is 12.7. The minimum absolute atomic E-state index is 0.0445. The van der Waals surface area contributed by atoms with Gasteiger partial charge in [0.05, 0.1) is 25.7 Å². The fraction of sp³-hybridized carbons (Fsp3) is 0.235. The van der Waals surface area contributed by atoms with Gasteiger partial charge in [0.25, 0.3) is 0 Å². The lowest BCUT2D eigenvalue weighted by atomic mass is 9.89. The summed E-state index contributed by atoms with van der Waals surface area (Å²) in [6.45, 7) is 0.240. The zero-order chi connectivity index (χ0) is 15.7. The second-order valence-corrected chi connectivity index (χ2v) is 5.02. The Kier molecular flexibility index (Phi) is 3.63. The Bertz CT molecular complexity index is 706. The number of phenolic OH excluding ortho intramolecular Hbond substituents is 1. The number of fused-ring (bicyclic) bond motifs is 1. The SMILES string of the molecule is COc1ccc(C2COc3cc(O)c(OC)cc3C2=O)cc1. The first-order valence-corrected chi connectivity index (χ1v) is 6.86. The van der Waals surface area contributed by atoms with Crippen molar-refractivity contribution in [2.24, 2.45) is 0 Å². The average Bonchev–Trinajstić information content (AvgIpc) is 2.55. The lowest BCUT2D eigenvalue weighted by molar-refractivity contribution is 0.0895. The fourth-order valence-electron chi connectivity index (χ4n) is 2.55. The Labute approximate surface area is 128 Å². The summed E-state index contributed by atoms with van der Waals surface area (Å²) < 4.78 is 15.8. The van der Waals surface area contributed by atoms with Crippen molar-refractivity contribution in [3.05, 3.63) is 47.5 Å². The number of carbonyl (C=O) groups is 1. The zero-order valence-electron chi connectivity index (χ0n) is 12.3. The molecule has 5 nitrogen and oxygen atoms in total. The molecule has 0 saturated carbocycles. The first kappa shape index (κ1) is 14.3. The molecule has 0 radical (unpaired) electrons. The number of hydrogen-bond acceptors (Lipinski definition) is 5. The van der Waals surface area contributed by atoms with Crippen molar-refractivity contribution < 1.29 is 24.1 Å². The highest BCUT2D eigenvalue weighted by molar-refractivity contribution is 6.04. The van der Waals surface area contributed by atoms with E-state index in [4.69, 9.17) is 14.2 Å². The molecule has 3 rings (SSSR count). The number of hydrogen-bond donors (Lipinski definition) is 1. The van der Waals surface area contributed by atoms with Crippen molar-refractivity contribution >= 4 is 5.78 Å². The molecule has 2 aromatic rings. The van der Waals surface area contributed by atoms with Gasteiger partial charge >= 0.3 is 0 Å². The van der Waals surface area contributed by atoms with Crippen LogP contribution in [0, 0.1) is 0 Å². The van der Waals surface area contributed by atoms with Gasteiger partial charge in [0.15, 0.2) is 17.3 Å². The van der Waals surface area contributed by atoms with Crippen LogP contribution in [0.1, 0.15) is 21.8 Å². The second-order valence-electron chi connectivity index (χ2n) is 5.02. The Morgan fingerprint density at radius 3 is 2.50 bits per heavy atom. The molecule has 22 heavy (non-hydrogen) atoms. The van der Waals surface area contributed by atoms with Gasteiger partial charge in [-0.1, -0.05) is 12.1 Å². The van der Waals surface area contributed by atoms with Crippen LogP contribution in [0.2, 0.25) is 0 Å². The van der Waals surface area contributed by atoms with Crippen LogP contribution in [0.4, 0.5) is 0 Å². The van der Waals surface area contributed by atoms with Gasteiger partial charge < -0.3 is 19.3 Å². The number of rotatable bonds is 3. The molecule has 1 N–H and O–H groups in total. The normalized spacial score (nSPS) is 16.6. The van der Waals surface area contributed by atoms with Crippen molar-refractivity contribution in [2.45, 2.75) is 5.92 Å². The van der Waals surface area contributed by atoms with Crippen LogP contribution in [0.5, 0.6) is 23.0 Å². The van der Waals surface area contributed by atoms with Gasteiger partial charge in [-0.3, -0.25) is 4.79 Å². The first-order chi connectivity index (χ1) is 10.6. The van der Waals surface area contributed by atoms with Crippen LogP contribution in [0.25, 0.3) is 0 Å². The maximum Gasteiger partial charge on any atom is 0.177 e. The predicted octanol–water partition coefficient (Wildman–Crippen LogP) is 2.77. The van der Waals surface area contributed by atoms with Gasteiger partial charge in [0.1, 0.15) is 18.1 Å². The molecule has 1 aliphatic heterocycles. The number of carbonyl (C=O) groups excluding carboxylic acids is 1. The summed E-state index contributed by atoms with van der Waals surface area (Å²) >= 11 is 0. The van der Waals surface area contributed by atoms with Crippen molar-refractivity contribution in [1.29, 1.82) is 0 Å². The van der Waals surface area contributed by atoms with Crippen molar-refractivity contribution in [3.63, 3.8) is 0 Å². The van der Waals surface area contributed by atoms with Crippen LogP contribution >= 0.6 is 0 Å². The molecular formula is C17H16O5. The van der Waals surface area contributed by atoms with Crippen molar-refractivity contribution in [1.82, 2.24) is 0 Å². The first-order valence-electron chi connectivity index (χ1n) is 6.86. The van der Waals surface area contributed by atoms with Gasteiger partial charge in [-0.2, -0.15) is 0 Å². The topological polar surface area (TPSA) is 65.0 Å². The van der Waals surface area contributed by atoms with E-state index in [-0.39, 0.29) is 29.8 Å². The summed E-state index contributed by atoms with van der Waals surface area (Å²) in [7, 11) is 3.04. The standard InChI is InChI=1S/C17H16O5/c1-20-11-5-3-10(4-6-11)13-9-22-15-8-14(18)16(21-2)7-12(15)17(13)19/h3-8,13,18H,9H2,1-2H3. The highest BCUT2D eigenvalue weighted by Crippen LogP contribution is 2.39. The van der Waals surface area contributed by atoms with E-state index in [2.05, 4.69) is 0 Å². The van der Waals surface area contributed by atoms with Crippen LogP contribution in [-0.4, -0.2) is 31.7 Å². The number of benzene rings is 2. The second kappa shape index (κ2) is 5.60. The number of methoxy groups -OCH3 is 2. The van der Waals surface area contributed by atoms with E-state index in [1.54, 1.807) is 7.11 Å². The molecule has 5 heteroatoms. The lowest BCUT2D eigenvalue weighted by Gasteiger charge is -2.25. The lowest BCUT2D eigenvalue weighted by Crippen LogP contribution is -2.26. The number of Topliss-reactive ketones (excluding diaryl/α,β-unsaturated/α-hetero) is 1. The van der Waals surface area contributed by atoms with E-state index in [1.807, 2.05) is 24.3 Å². The third-order valence-electron chi connectivity index (χ3n) is 3.79. The van der Waals surface area contributed by atoms with E-state index in [9.17, 15) is 9.90 Å². The molecule has 0 saturated heterocycles.